The van der Waals surface area contributed by atoms with Crippen molar-refractivity contribution in [3.05, 3.63) is 29.8 Å². The van der Waals surface area contributed by atoms with Crippen LogP contribution >= 0.6 is 0 Å². The van der Waals surface area contributed by atoms with Crippen molar-refractivity contribution >= 4 is 10.0 Å². The van der Waals surface area contributed by atoms with Crippen molar-refractivity contribution in [1.29, 1.82) is 0 Å². The van der Waals surface area contributed by atoms with E-state index in [1.165, 1.54) is 0 Å². The molecular weight excluding hydrogens is 288 g/mol. The zero-order valence-corrected chi connectivity index (χ0v) is 13.3. The molecule has 5 nitrogen and oxygen atoms in total. The average molecular weight is 312 g/mol. The van der Waals surface area contributed by atoms with E-state index in [-0.39, 0.29) is 0 Å². The number of rotatable bonds is 7. The summed E-state index contributed by atoms with van der Waals surface area (Å²) in [4.78, 5) is 0.321. The number of benzene rings is 1. The van der Waals surface area contributed by atoms with Crippen LogP contribution < -0.4 is 10.0 Å². The molecule has 0 aromatic heterocycles. The van der Waals surface area contributed by atoms with Gasteiger partial charge in [0.05, 0.1) is 11.0 Å². The smallest absolute Gasteiger partial charge is 0.240 e. The number of sulfonamides is 1. The third-order valence-corrected chi connectivity index (χ3v) is 5.01. The lowest BCUT2D eigenvalue weighted by atomic mass is 10.1. The standard InChI is InChI=1S/C15H24N2O3S/c1-13-4-2-5-15(12-13)21(18,19)17-8-3-11-20-14-6-9-16-10-7-14/h2,4-5,12,14,16-17H,3,6-11H2,1H3. The van der Waals surface area contributed by atoms with Crippen molar-refractivity contribution in [1.82, 2.24) is 10.0 Å². The number of hydrogen-bond donors (Lipinski definition) is 2. The van der Waals surface area contributed by atoms with Crippen molar-refractivity contribution in [2.45, 2.75) is 37.2 Å². The molecule has 0 saturated carbocycles. The minimum absolute atomic E-state index is 0.319. The van der Waals surface area contributed by atoms with Crippen LogP contribution in [0.15, 0.2) is 29.2 Å². The van der Waals surface area contributed by atoms with Crippen molar-refractivity contribution in [2.24, 2.45) is 0 Å². The summed E-state index contributed by atoms with van der Waals surface area (Å²) in [7, 11) is -3.40. The van der Waals surface area contributed by atoms with E-state index in [1.54, 1.807) is 18.2 Å². The molecule has 1 aliphatic rings. The topological polar surface area (TPSA) is 67.4 Å². The van der Waals surface area contributed by atoms with Crippen LogP contribution in [-0.2, 0) is 14.8 Å². The predicted molar refractivity (Wildman–Crippen MR) is 82.8 cm³/mol. The Labute approximate surface area is 127 Å². The van der Waals surface area contributed by atoms with Gasteiger partial charge in [-0.3, -0.25) is 0 Å². The number of ether oxygens (including phenoxy) is 1. The Kier molecular flexibility index (Phi) is 6.17. The highest BCUT2D eigenvalue weighted by Crippen LogP contribution is 2.11. The molecule has 0 atom stereocenters. The Morgan fingerprint density at radius 3 is 2.81 bits per heavy atom. The van der Waals surface area contributed by atoms with Gasteiger partial charge in [-0.25, -0.2) is 13.1 Å². The monoisotopic (exact) mass is 312 g/mol. The minimum Gasteiger partial charge on any atom is -0.378 e. The van der Waals surface area contributed by atoms with Gasteiger partial charge in [0, 0.05) is 13.2 Å². The maximum absolute atomic E-state index is 12.1. The molecule has 1 aromatic rings. The molecule has 1 saturated heterocycles. The van der Waals surface area contributed by atoms with Crippen LogP contribution in [0.5, 0.6) is 0 Å². The highest BCUT2D eigenvalue weighted by Gasteiger charge is 2.14. The molecule has 1 aliphatic heterocycles. The van der Waals surface area contributed by atoms with Gasteiger partial charge in [0.2, 0.25) is 10.0 Å². The number of nitrogens with one attached hydrogen (secondary N) is 2. The van der Waals surface area contributed by atoms with E-state index >= 15 is 0 Å². The first-order chi connectivity index (χ1) is 10.1. The van der Waals surface area contributed by atoms with Gasteiger partial charge in [-0.2, -0.15) is 0 Å². The second-order valence-electron chi connectivity index (χ2n) is 5.39. The van der Waals surface area contributed by atoms with Gasteiger partial charge >= 0.3 is 0 Å². The van der Waals surface area contributed by atoms with Crippen molar-refractivity contribution < 1.29 is 13.2 Å². The summed E-state index contributed by atoms with van der Waals surface area (Å²) in [6, 6.07) is 6.92. The van der Waals surface area contributed by atoms with Crippen molar-refractivity contribution in [2.75, 3.05) is 26.2 Å². The first-order valence-electron chi connectivity index (χ1n) is 7.46. The van der Waals surface area contributed by atoms with Gasteiger partial charge in [-0.05, 0) is 57.0 Å². The first-order valence-corrected chi connectivity index (χ1v) is 8.95. The molecule has 118 valence electrons. The molecule has 2 rings (SSSR count). The zero-order chi connectivity index (χ0) is 15.1. The van der Waals surface area contributed by atoms with Gasteiger partial charge < -0.3 is 10.1 Å². The van der Waals surface area contributed by atoms with E-state index in [0.717, 1.165) is 31.5 Å². The summed E-state index contributed by atoms with van der Waals surface area (Å²) >= 11 is 0. The molecule has 0 aliphatic carbocycles. The fraction of sp³-hybridized carbons (Fsp3) is 0.600. The fourth-order valence-electron chi connectivity index (χ4n) is 2.36. The number of aryl methyl sites for hydroxylation is 1. The highest BCUT2D eigenvalue weighted by atomic mass is 32.2. The van der Waals surface area contributed by atoms with Crippen LogP contribution in [-0.4, -0.2) is 40.8 Å². The SMILES string of the molecule is Cc1cccc(S(=O)(=O)NCCCOC2CCNCC2)c1. The van der Waals surface area contributed by atoms with Gasteiger partial charge in [0.25, 0.3) is 0 Å². The minimum atomic E-state index is -3.40. The molecule has 2 N–H and O–H groups in total. The van der Waals surface area contributed by atoms with Gasteiger partial charge in [0.15, 0.2) is 0 Å². The van der Waals surface area contributed by atoms with E-state index in [1.807, 2.05) is 13.0 Å². The van der Waals surface area contributed by atoms with E-state index in [2.05, 4.69) is 10.0 Å². The second kappa shape index (κ2) is 7.89. The number of hydrogen-bond acceptors (Lipinski definition) is 4. The van der Waals surface area contributed by atoms with Crippen molar-refractivity contribution in [3.8, 4) is 0 Å². The van der Waals surface area contributed by atoms with Gasteiger partial charge in [0.1, 0.15) is 0 Å². The maximum atomic E-state index is 12.1. The Hall–Kier alpha value is -0.950. The van der Waals surface area contributed by atoms with Crippen LogP contribution in [0, 0.1) is 6.92 Å². The normalized spacial score (nSPS) is 17.0. The van der Waals surface area contributed by atoms with Crippen LogP contribution in [0.1, 0.15) is 24.8 Å². The fourth-order valence-corrected chi connectivity index (χ4v) is 3.54. The van der Waals surface area contributed by atoms with E-state index < -0.39 is 10.0 Å². The van der Waals surface area contributed by atoms with Crippen LogP contribution in [0.25, 0.3) is 0 Å². The summed E-state index contributed by atoms with van der Waals surface area (Å²) in [6.45, 7) is 4.89. The zero-order valence-electron chi connectivity index (χ0n) is 12.5. The van der Waals surface area contributed by atoms with E-state index in [4.69, 9.17) is 4.74 Å². The third kappa shape index (κ3) is 5.39. The molecule has 0 amide bonds. The summed E-state index contributed by atoms with van der Waals surface area (Å²) < 4.78 is 32.5. The molecular formula is C15H24N2O3S. The molecule has 0 unspecified atom stereocenters. The Morgan fingerprint density at radius 2 is 2.10 bits per heavy atom. The van der Waals surface area contributed by atoms with Gasteiger partial charge in [-0.15, -0.1) is 0 Å². The van der Waals surface area contributed by atoms with Gasteiger partial charge in [-0.1, -0.05) is 12.1 Å². The maximum Gasteiger partial charge on any atom is 0.240 e. The summed E-state index contributed by atoms with van der Waals surface area (Å²) in [5.74, 6) is 0. The second-order valence-corrected chi connectivity index (χ2v) is 7.15. The Balaban J connectivity index is 1.70. The lowest BCUT2D eigenvalue weighted by molar-refractivity contribution is 0.0322. The quantitative estimate of drug-likeness (QED) is 0.748. The van der Waals surface area contributed by atoms with Crippen LogP contribution in [0.4, 0.5) is 0 Å². The molecule has 0 radical (unpaired) electrons. The highest BCUT2D eigenvalue weighted by molar-refractivity contribution is 7.89. The summed E-state index contributed by atoms with van der Waals surface area (Å²) in [5.41, 5.74) is 0.937. The molecule has 1 heterocycles. The Bertz CT molecular complexity index is 540. The first kappa shape index (κ1) is 16.4. The predicted octanol–water partition coefficient (Wildman–Crippen LogP) is 1.43. The molecule has 21 heavy (non-hydrogen) atoms. The molecule has 1 aromatic carbocycles. The lowest BCUT2D eigenvalue weighted by Gasteiger charge is -2.22. The largest absolute Gasteiger partial charge is 0.378 e. The molecule has 0 spiro atoms. The number of piperidine rings is 1. The summed E-state index contributed by atoms with van der Waals surface area (Å²) in [6.07, 6.45) is 3.08. The summed E-state index contributed by atoms with van der Waals surface area (Å²) in [5, 5.41) is 3.29. The third-order valence-electron chi connectivity index (χ3n) is 3.55. The van der Waals surface area contributed by atoms with E-state index in [0.29, 0.717) is 30.6 Å². The van der Waals surface area contributed by atoms with Crippen LogP contribution in [0.2, 0.25) is 0 Å². The Morgan fingerprint density at radius 1 is 1.33 bits per heavy atom. The molecule has 0 bridgehead atoms. The molecule has 1 fully saturated rings. The average Bonchev–Trinajstić information content (AvgIpc) is 2.48. The van der Waals surface area contributed by atoms with Crippen molar-refractivity contribution in [3.63, 3.8) is 0 Å². The lowest BCUT2D eigenvalue weighted by Crippen LogP contribution is -2.33. The van der Waals surface area contributed by atoms with Crippen LogP contribution in [0.3, 0.4) is 0 Å². The van der Waals surface area contributed by atoms with E-state index in [9.17, 15) is 8.42 Å². The molecule has 6 heteroatoms.